The number of nitrogens with one attached hydrogen (secondary N) is 2. The number of carbonyl (C=O) groups excluding carboxylic acids is 2. The molecule has 3 unspecified atom stereocenters. The molecule has 42 heavy (non-hydrogen) atoms. The maximum Gasteiger partial charge on any atom is 0.251 e. The van der Waals surface area contributed by atoms with Crippen LogP contribution in [0.25, 0.3) is 11.1 Å². The Kier molecular flexibility index (Phi) is 9.86. The quantitative estimate of drug-likeness (QED) is 0.439. The highest BCUT2D eigenvalue weighted by atomic mass is 16.5. The van der Waals surface area contributed by atoms with Crippen LogP contribution in [-0.4, -0.2) is 74.7 Å². The van der Waals surface area contributed by atoms with Crippen LogP contribution >= 0.6 is 0 Å². The van der Waals surface area contributed by atoms with E-state index in [0.29, 0.717) is 18.2 Å². The number of amides is 2. The summed E-state index contributed by atoms with van der Waals surface area (Å²) in [6.45, 7) is 10.9. The number of benzene rings is 2. The minimum atomic E-state index is -0.221. The Hall–Kier alpha value is -2.94. The first-order valence-electron chi connectivity index (χ1n) is 15.8. The van der Waals surface area contributed by atoms with Gasteiger partial charge in [0.2, 0.25) is 5.91 Å². The molecule has 8 nitrogen and oxygen atoms in total. The van der Waals surface area contributed by atoms with Crippen molar-refractivity contribution < 1.29 is 14.3 Å². The highest BCUT2D eigenvalue weighted by Gasteiger charge is 2.33. The largest absolute Gasteiger partial charge is 0.379 e. The average Bonchev–Trinajstić information content (AvgIpc) is 2.97. The van der Waals surface area contributed by atoms with E-state index in [4.69, 9.17) is 10.5 Å². The van der Waals surface area contributed by atoms with Gasteiger partial charge in [-0.15, -0.1) is 0 Å². The van der Waals surface area contributed by atoms with E-state index in [9.17, 15) is 9.59 Å². The molecule has 2 aliphatic heterocycles. The normalized spacial score (nSPS) is 26.9. The Morgan fingerprint density at radius 2 is 1.76 bits per heavy atom. The molecule has 0 aromatic heterocycles. The van der Waals surface area contributed by atoms with Crippen molar-refractivity contribution in [2.45, 2.75) is 77.5 Å². The number of hydrogen-bond donors (Lipinski definition) is 3. The molecule has 8 heteroatoms. The number of morpholine rings is 1. The van der Waals surface area contributed by atoms with Gasteiger partial charge in [0.1, 0.15) is 0 Å². The molecule has 2 aromatic carbocycles. The molecule has 0 spiro atoms. The number of rotatable bonds is 8. The van der Waals surface area contributed by atoms with Gasteiger partial charge in [-0.2, -0.15) is 0 Å². The summed E-state index contributed by atoms with van der Waals surface area (Å²) < 4.78 is 5.50. The lowest BCUT2D eigenvalue weighted by molar-refractivity contribution is -0.129. The maximum absolute atomic E-state index is 13.7. The third-order valence-corrected chi connectivity index (χ3v) is 9.71. The first-order chi connectivity index (χ1) is 20.2. The van der Waals surface area contributed by atoms with Gasteiger partial charge in [-0.25, -0.2) is 0 Å². The van der Waals surface area contributed by atoms with Crippen LogP contribution in [0.5, 0.6) is 0 Å². The van der Waals surface area contributed by atoms with E-state index >= 15 is 0 Å². The van der Waals surface area contributed by atoms with Crippen LogP contribution in [-0.2, 0) is 16.1 Å². The van der Waals surface area contributed by atoms with Gasteiger partial charge in [-0.3, -0.25) is 14.5 Å². The summed E-state index contributed by atoms with van der Waals surface area (Å²) in [5, 5.41) is 6.16. The Morgan fingerprint density at radius 1 is 1.07 bits per heavy atom. The van der Waals surface area contributed by atoms with Crippen molar-refractivity contribution in [3.05, 3.63) is 53.1 Å². The second kappa shape index (κ2) is 13.6. The number of hydrogen-bond acceptors (Lipinski definition) is 6. The third-order valence-electron chi connectivity index (χ3n) is 9.71. The molecule has 2 amide bonds. The summed E-state index contributed by atoms with van der Waals surface area (Å²) in [5.41, 5.74) is 12.3. The van der Waals surface area contributed by atoms with Crippen LogP contribution in [0.1, 0.15) is 67.4 Å². The van der Waals surface area contributed by atoms with Gasteiger partial charge in [0.25, 0.3) is 5.91 Å². The summed E-state index contributed by atoms with van der Waals surface area (Å²) in [7, 11) is 2.15. The van der Waals surface area contributed by atoms with Crippen molar-refractivity contribution in [3.8, 4) is 11.1 Å². The molecule has 1 saturated carbocycles. The van der Waals surface area contributed by atoms with E-state index < -0.39 is 0 Å². The molecule has 3 fully saturated rings. The maximum atomic E-state index is 13.7. The van der Waals surface area contributed by atoms with E-state index in [1.165, 1.54) is 5.56 Å². The van der Waals surface area contributed by atoms with Crippen molar-refractivity contribution in [2.75, 3.05) is 44.8 Å². The van der Waals surface area contributed by atoms with E-state index in [0.717, 1.165) is 87.3 Å². The molecule has 2 aromatic rings. The summed E-state index contributed by atoms with van der Waals surface area (Å²) >= 11 is 0. The van der Waals surface area contributed by atoms with Crippen LogP contribution in [0.2, 0.25) is 0 Å². The number of nitrogens with two attached hydrogens (primary N) is 1. The molecule has 4 N–H and O–H groups in total. The van der Waals surface area contributed by atoms with Crippen molar-refractivity contribution in [3.63, 3.8) is 0 Å². The standard InChI is InChI=1S/C34H49N5O3/c1-22-17-23(2)37-34(41)31(22)20-36-33(40)30-18-27(19-32(24(30)3)38(4)29-11-9-28(35)10-12-29)26-7-5-25(6-8-26)21-39-13-15-42-16-14-39/h5-8,18-19,22-23,28-29,31H,9-17,20-21,35H2,1-4H3,(H,36,40)(H,37,41)/t22?,23?,28-,29+,31?. The monoisotopic (exact) mass is 575 g/mol. The lowest BCUT2D eigenvalue weighted by Crippen LogP contribution is -2.50. The van der Waals surface area contributed by atoms with Crippen molar-refractivity contribution in [1.82, 2.24) is 15.5 Å². The fourth-order valence-corrected chi connectivity index (χ4v) is 6.95. The lowest BCUT2D eigenvalue weighted by atomic mass is 9.84. The molecular formula is C34H49N5O3. The summed E-state index contributed by atoms with van der Waals surface area (Å²) in [5.74, 6) is -0.101. The SMILES string of the molecule is Cc1c(C(=O)NCC2C(=O)NC(C)CC2C)cc(-c2ccc(CN3CCOCC3)cc2)cc1N(C)[C@H]1CC[C@@H](N)CC1. The predicted octanol–water partition coefficient (Wildman–Crippen LogP) is 4.09. The number of anilines is 1. The van der Waals surface area contributed by atoms with Gasteiger partial charge >= 0.3 is 0 Å². The minimum absolute atomic E-state index is 0.0279. The van der Waals surface area contributed by atoms with Crippen LogP contribution < -0.4 is 21.3 Å². The Balaban J connectivity index is 1.40. The molecular weight excluding hydrogens is 526 g/mol. The van der Waals surface area contributed by atoms with Crippen LogP contribution in [0, 0.1) is 18.8 Å². The number of piperidine rings is 1. The minimum Gasteiger partial charge on any atom is -0.379 e. The first-order valence-corrected chi connectivity index (χ1v) is 15.8. The summed E-state index contributed by atoms with van der Waals surface area (Å²) in [6.07, 6.45) is 5.05. The first kappa shape index (κ1) is 30.5. The van der Waals surface area contributed by atoms with Crippen LogP contribution in [0.3, 0.4) is 0 Å². The molecule has 1 aliphatic carbocycles. The highest BCUT2D eigenvalue weighted by Crippen LogP contribution is 2.34. The zero-order chi connectivity index (χ0) is 29.8. The molecule has 2 heterocycles. The van der Waals surface area contributed by atoms with Gasteiger partial charge in [0, 0.05) is 62.6 Å². The molecule has 228 valence electrons. The van der Waals surface area contributed by atoms with Gasteiger partial charge in [0.05, 0.1) is 19.1 Å². The van der Waals surface area contributed by atoms with Crippen molar-refractivity contribution in [2.24, 2.45) is 17.6 Å². The summed E-state index contributed by atoms with van der Waals surface area (Å²) in [6, 6.07) is 13.8. The molecule has 2 saturated heterocycles. The zero-order valence-electron chi connectivity index (χ0n) is 25.8. The van der Waals surface area contributed by atoms with E-state index in [2.05, 4.69) is 64.7 Å². The summed E-state index contributed by atoms with van der Waals surface area (Å²) in [4.78, 5) is 31.2. The number of ether oxygens (including phenoxy) is 1. The Morgan fingerprint density at radius 3 is 2.43 bits per heavy atom. The second-order valence-corrected chi connectivity index (χ2v) is 12.9. The van der Waals surface area contributed by atoms with Gasteiger partial charge in [0.15, 0.2) is 0 Å². The smallest absolute Gasteiger partial charge is 0.251 e. The zero-order valence-corrected chi connectivity index (χ0v) is 25.8. The third kappa shape index (κ3) is 7.16. The van der Waals surface area contributed by atoms with Gasteiger partial charge in [-0.1, -0.05) is 31.2 Å². The fourth-order valence-electron chi connectivity index (χ4n) is 6.95. The van der Waals surface area contributed by atoms with Crippen LogP contribution in [0.15, 0.2) is 36.4 Å². The van der Waals surface area contributed by atoms with Crippen molar-refractivity contribution >= 4 is 17.5 Å². The molecule has 0 radical (unpaired) electrons. The van der Waals surface area contributed by atoms with Gasteiger partial charge < -0.3 is 26.0 Å². The van der Waals surface area contributed by atoms with Crippen molar-refractivity contribution in [1.29, 1.82) is 0 Å². The van der Waals surface area contributed by atoms with E-state index in [-0.39, 0.29) is 35.7 Å². The predicted molar refractivity (Wildman–Crippen MR) is 169 cm³/mol. The number of carbonyl (C=O) groups is 2. The fraction of sp³-hybridized carbons (Fsp3) is 0.588. The van der Waals surface area contributed by atoms with E-state index in [1.807, 2.05) is 19.9 Å². The Labute approximate surface area is 251 Å². The molecule has 3 atom stereocenters. The molecule has 3 aliphatic rings. The molecule has 0 bridgehead atoms. The second-order valence-electron chi connectivity index (χ2n) is 12.9. The lowest BCUT2D eigenvalue weighted by Gasteiger charge is -2.36. The van der Waals surface area contributed by atoms with Crippen LogP contribution in [0.4, 0.5) is 5.69 Å². The molecule has 5 rings (SSSR count). The Bertz CT molecular complexity index is 1230. The topological polar surface area (TPSA) is 99.9 Å². The highest BCUT2D eigenvalue weighted by molar-refractivity contribution is 5.99. The number of nitrogens with zero attached hydrogens (tertiary/aromatic N) is 2. The van der Waals surface area contributed by atoms with Gasteiger partial charge in [-0.05, 0) is 86.3 Å². The van der Waals surface area contributed by atoms with E-state index in [1.54, 1.807) is 0 Å². The average molecular weight is 576 g/mol.